The number of piperazine rings is 1. The molecule has 2 fully saturated rings. The third-order valence-electron chi connectivity index (χ3n) is 2.77. The van der Waals surface area contributed by atoms with Gasteiger partial charge in [0, 0.05) is 19.6 Å². The van der Waals surface area contributed by atoms with Gasteiger partial charge in [0.25, 0.3) is 0 Å². The molecule has 0 aliphatic carbocycles. The van der Waals surface area contributed by atoms with Crippen molar-refractivity contribution in [1.29, 1.82) is 0 Å². The summed E-state index contributed by atoms with van der Waals surface area (Å²) in [7, 11) is 0. The molecule has 0 saturated carbocycles. The summed E-state index contributed by atoms with van der Waals surface area (Å²) in [6.45, 7) is 7.37. The third kappa shape index (κ3) is 2.62. The second-order valence-electron chi connectivity index (χ2n) is 5.35. The minimum Gasteiger partial charge on any atom is -0.447 e. The first-order valence-electron chi connectivity index (χ1n) is 5.78. The third-order valence-corrected chi connectivity index (χ3v) is 2.77. The molecular formula is C11H18N2O4. The second-order valence-corrected chi connectivity index (χ2v) is 5.35. The fourth-order valence-electron chi connectivity index (χ4n) is 1.98. The summed E-state index contributed by atoms with van der Waals surface area (Å²) in [5.74, 6) is 0. The topological polar surface area (TPSA) is 59.1 Å². The maximum atomic E-state index is 11.8. The SMILES string of the molecule is CC(C)(C)OC(=O)N1CCN2C(=O)OC[C@@H]2C1. The Morgan fingerprint density at radius 1 is 1.41 bits per heavy atom. The number of nitrogens with zero attached hydrogens (tertiary/aromatic N) is 2. The van der Waals surface area contributed by atoms with Gasteiger partial charge in [-0.3, -0.25) is 4.90 Å². The Morgan fingerprint density at radius 2 is 2.12 bits per heavy atom. The number of cyclic esters (lactones) is 1. The Kier molecular flexibility index (Phi) is 2.89. The van der Waals surface area contributed by atoms with E-state index in [4.69, 9.17) is 9.47 Å². The van der Waals surface area contributed by atoms with Gasteiger partial charge < -0.3 is 14.4 Å². The van der Waals surface area contributed by atoms with E-state index < -0.39 is 5.60 Å². The van der Waals surface area contributed by atoms with E-state index in [2.05, 4.69) is 0 Å². The number of fused-ring (bicyclic) bond motifs is 1. The molecule has 2 amide bonds. The van der Waals surface area contributed by atoms with Crippen molar-refractivity contribution in [2.75, 3.05) is 26.2 Å². The summed E-state index contributed by atoms with van der Waals surface area (Å²) in [6, 6.07) is -0.0243. The maximum absolute atomic E-state index is 11.8. The number of ether oxygens (including phenoxy) is 2. The van der Waals surface area contributed by atoms with Crippen LogP contribution in [0.2, 0.25) is 0 Å². The van der Waals surface area contributed by atoms with E-state index in [9.17, 15) is 9.59 Å². The largest absolute Gasteiger partial charge is 0.447 e. The van der Waals surface area contributed by atoms with Crippen molar-refractivity contribution in [3.63, 3.8) is 0 Å². The van der Waals surface area contributed by atoms with E-state index >= 15 is 0 Å². The van der Waals surface area contributed by atoms with Gasteiger partial charge in [-0.2, -0.15) is 0 Å². The highest BCUT2D eigenvalue weighted by molar-refractivity contribution is 5.72. The van der Waals surface area contributed by atoms with Crippen LogP contribution in [-0.4, -0.2) is 59.9 Å². The van der Waals surface area contributed by atoms with Gasteiger partial charge in [-0.1, -0.05) is 0 Å². The van der Waals surface area contributed by atoms with Crippen LogP contribution in [0.3, 0.4) is 0 Å². The van der Waals surface area contributed by atoms with Gasteiger partial charge in [0.05, 0.1) is 6.04 Å². The zero-order valence-corrected chi connectivity index (χ0v) is 10.4. The maximum Gasteiger partial charge on any atom is 0.410 e. The normalized spacial score (nSPS) is 24.4. The van der Waals surface area contributed by atoms with Crippen molar-refractivity contribution in [3.8, 4) is 0 Å². The Morgan fingerprint density at radius 3 is 2.76 bits per heavy atom. The van der Waals surface area contributed by atoms with Crippen LogP contribution in [0.4, 0.5) is 9.59 Å². The van der Waals surface area contributed by atoms with Crippen LogP contribution in [0, 0.1) is 0 Å². The minimum atomic E-state index is -0.490. The van der Waals surface area contributed by atoms with Crippen LogP contribution in [0.25, 0.3) is 0 Å². The smallest absolute Gasteiger partial charge is 0.410 e. The molecule has 0 radical (unpaired) electrons. The predicted octanol–water partition coefficient (Wildman–Crippen LogP) is 1.06. The van der Waals surface area contributed by atoms with Gasteiger partial charge in [-0.05, 0) is 20.8 Å². The van der Waals surface area contributed by atoms with Gasteiger partial charge in [0.1, 0.15) is 12.2 Å². The number of carbonyl (C=O) groups is 2. The molecule has 0 aromatic heterocycles. The second kappa shape index (κ2) is 4.09. The number of hydrogen-bond acceptors (Lipinski definition) is 4. The molecule has 0 aromatic carbocycles. The summed E-state index contributed by atoms with van der Waals surface area (Å²) < 4.78 is 10.2. The molecule has 0 N–H and O–H groups in total. The average molecular weight is 242 g/mol. The molecular weight excluding hydrogens is 224 g/mol. The summed E-state index contributed by atoms with van der Waals surface area (Å²) >= 11 is 0. The summed E-state index contributed by atoms with van der Waals surface area (Å²) in [5.41, 5.74) is -0.490. The minimum absolute atomic E-state index is 0.0243. The first kappa shape index (κ1) is 12.0. The van der Waals surface area contributed by atoms with Crippen molar-refractivity contribution in [3.05, 3.63) is 0 Å². The summed E-state index contributed by atoms with van der Waals surface area (Å²) in [5, 5.41) is 0. The molecule has 96 valence electrons. The van der Waals surface area contributed by atoms with Crippen LogP contribution in [-0.2, 0) is 9.47 Å². The van der Waals surface area contributed by atoms with Crippen LogP contribution in [0.5, 0.6) is 0 Å². The van der Waals surface area contributed by atoms with Crippen LogP contribution in [0.1, 0.15) is 20.8 Å². The highest BCUT2D eigenvalue weighted by atomic mass is 16.6. The standard InChI is InChI=1S/C11H18N2O4/c1-11(2,3)17-9(14)12-4-5-13-8(6-12)7-16-10(13)15/h8H,4-7H2,1-3H3/t8-/m0/s1. The molecule has 0 bridgehead atoms. The molecule has 0 aromatic rings. The van der Waals surface area contributed by atoms with E-state index in [1.165, 1.54) is 0 Å². The fourth-order valence-corrected chi connectivity index (χ4v) is 1.98. The zero-order valence-electron chi connectivity index (χ0n) is 10.4. The molecule has 6 heteroatoms. The van der Waals surface area contributed by atoms with Crippen LogP contribution in [0.15, 0.2) is 0 Å². The first-order chi connectivity index (χ1) is 7.87. The van der Waals surface area contributed by atoms with Gasteiger partial charge in [0.2, 0.25) is 0 Å². The molecule has 1 atom stereocenters. The molecule has 0 spiro atoms. The Labute approximate surface area is 100 Å². The Bertz CT molecular complexity index is 337. The van der Waals surface area contributed by atoms with E-state index in [1.807, 2.05) is 20.8 Å². The Balaban J connectivity index is 1.93. The molecule has 0 unspecified atom stereocenters. The van der Waals surface area contributed by atoms with Gasteiger partial charge in [0.15, 0.2) is 0 Å². The number of rotatable bonds is 0. The molecule has 2 aliphatic rings. The predicted molar refractivity (Wildman–Crippen MR) is 59.6 cm³/mol. The molecule has 2 heterocycles. The summed E-state index contributed by atoms with van der Waals surface area (Å²) in [4.78, 5) is 26.4. The highest BCUT2D eigenvalue weighted by Crippen LogP contribution is 2.19. The van der Waals surface area contributed by atoms with Crippen LogP contribution < -0.4 is 0 Å². The molecule has 6 nitrogen and oxygen atoms in total. The molecule has 2 rings (SSSR count). The lowest BCUT2D eigenvalue weighted by molar-refractivity contribution is 0.0127. The highest BCUT2D eigenvalue weighted by Gasteiger charge is 2.39. The first-order valence-corrected chi connectivity index (χ1v) is 5.78. The van der Waals surface area contributed by atoms with Crippen molar-refractivity contribution in [2.24, 2.45) is 0 Å². The average Bonchev–Trinajstić information content (AvgIpc) is 2.57. The van der Waals surface area contributed by atoms with E-state index in [-0.39, 0.29) is 18.2 Å². The molecule has 2 aliphatic heterocycles. The van der Waals surface area contributed by atoms with Crippen molar-refractivity contribution in [1.82, 2.24) is 9.80 Å². The van der Waals surface area contributed by atoms with Crippen LogP contribution >= 0.6 is 0 Å². The molecule has 17 heavy (non-hydrogen) atoms. The fraction of sp³-hybridized carbons (Fsp3) is 0.818. The van der Waals surface area contributed by atoms with E-state index in [0.29, 0.717) is 26.2 Å². The lowest BCUT2D eigenvalue weighted by Crippen LogP contribution is -2.54. The van der Waals surface area contributed by atoms with Crippen molar-refractivity contribution < 1.29 is 19.1 Å². The lowest BCUT2D eigenvalue weighted by Gasteiger charge is -2.36. The summed E-state index contributed by atoms with van der Waals surface area (Å²) in [6.07, 6.45) is -0.602. The number of carbonyl (C=O) groups excluding carboxylic acids is 2. The Hall–Kier alpha value is -1.46. The number of hydrogen-bond donors (Lipinski definition) is 0. The zero-order chi connectivity index (χ0) is 12.6. The molecule has 2 saturated heterocycles. The van der Waals surface area contributed by atoms with E-state index in [1.54, 1.807) is 9.80 Å². The van der Waals surface area contributed by atoms with Gasteiger partial charge >= 0.3 is 12.2 Å². The number of amides is 2. The lowest BCUT2D eigenvalue weighted by atomic mass is 10.2. The van der Waals surface area contributed by atoms with E-state index in [0.717, 1.165) is 0 Å². The van der Waals surface area contributed by atoms with Gasteiger partial charge in [-0.15, -0.1) is 0 Å². The monoisotopic (exact) mass is 242 g/mol. The van der Waals surface area contributed by atoms with Crippen molar-refractivity contribution in [2.45, 2.75) is 32.4 Å². The van der Waals surface area contributed by atoms with Crippen molar-refractivity contribution >= 4 is 12.2 Å². The quantitative estimate of drug-likeness (QED) is 0.637. The van der Waals surface area contributed by atoms with Gasteiger partial charge in [-0.25, -0.2) is 9.59 Å².